The highest BCUT2D eigenvalue weighted by Gasteiger charge is 2.25. The number of aromatic nitrogens is 1. The van der Waals surface area contributed by atoms with Gasteiger partial charge < -0.3 is 15.0 Å². The number of carbonyl (C=O) groups excluding carboxylic acids is 1. The number of ether oxygens (including phenoxy) is 1. The Bertz CT molecular complexity index is 776. The molecule has 2 aromatic rings. The van der Waals surface area contributed by atoms with E-state index in [1.165, 1.54) is 0 Å². The van der Waals surface area contributed by atoms with Gasteiger partial charge in [0.2, 0.25) is 5.91 Å². The molecule has 1 saturated heterocycles. The summed E-state index contributed by atoms with van der Waals surface area (Å²) in [6, 6.07) is 11.5. The van der Waals surface area contributed by atoms with Crippen LogP contribution in [-0.2, 0) is 4.79 Å². The lowest BCUT2D eigenvalue weighted by Gasteiger charge is -2.38. The van der Waals surface area contributed by atoms with Crippen molar-refractivity contribution < 1.29 is 9.53 Å². The van der Waals surface area contributed by atoms with Gasteiger partial charge in [0.1, 0.15) is 18.2 Å². The minimum atomic E-state index is -0.167. The van der Waals surface area contributed by atoms with Crippen LogP contribution in [0.25, 0.3) is 0 Å². The van der Waals surface area contributed by atoms with Crippen LogP contribution in [0.1, 0.15) is 12.5 Å². The monoisotopic (exact) mass is 402 g/mol. The van der Waals surface area contributed by atoms with Crippen molar-refractivity contribution in [3.8, 4) is 5.75 Å². The van der Waals surface area contributed by atoms with Gasteiger partial charge in [0.25, 0.3) is 0 Å². The molecule has 1 aromatic carbocycles. The summed E-state index contributed by atoms with van der Waals surface area (Å²) >= 11 is 5.90. The number of hydrogen-bond acceptors (Lipinski definition) is 5. The quantitative estimate of drug-likeness (QED) is 0.722. The van der Waals surface area contributed by atoms with Gasteiger partial charge in [-0.05, 0) is 43.7 Å². The summed E-state index contributed by atoms with van der Waals surface area (Å²) < 4.78 is 5.68. The molecule has 1 N–H and O–H groups in total. The normalized spacial score (nSPS) is 15.9. The van der Waals surface area contributed by atoms with E-state index in [2.05, 4.69) is 20.1 Å². The number of nitrogens with one attached hydrogen (secondary N) is 1. The molecule has 28 heavy (non-hydrogen) atoms. The molecule has 7 heteroatoms. The lowest BCUT2D eigenvalue weighted by molar-refractivity contribution is -0.126. The Morgan fingerprint density at radius 2 is 2.04 bits per heavy atom. The Labute approximate surface area is 171 Å². The fourth-order valence-electron chi connectivity index (χ4n) is 3.26. The lowest BCUT2D eigenvalue weighted by Crippen LogP contribution is -2.54. The zero-order valence-corrected chi connectivity index (χ0v) is 17.2. The van der Waals surface area contributed by atoms with Crippen molar-refractivity contribution in [1.29, 1.82) is 0 Å². The number of amides is 1. The van der Waals surface area contributed by atoms with Gasteiger partial charge in [0.05, 0.1) is 17.6 Å². The number of benzene rings is 1. The van der Waals surface area contributed by atoms with Crippen LogP contribution in [0, 0.1) is 6.92 Å². The summed E-state index contributed by atoms with van der Waals surface area (Å²) in [5.41, 5.74) is 1.16. The Balaban J connectivity index is 1.38. The van der Waals surface area contributed by atoms with Gasteiger partial charge in [-0.15, -0.1) is 0 Å². The smallest absolute Gasteiger partial charge is 0.237 e. The maximum atomic E-state index is 12.4. The van der Waals surface area contributed by atoms with E-state index in [9.17, 15) is 4.79 Å². The van der Waals surface area contributed by atoms with Crippen LogP contribution in [0.5, 0.6) is 5.75 Å². The minimum absolute atomic E-state index is 0.0333. The van der Waals surface area contributed by atoms with Gasteiger partial charge in [-0.1, -0.05) is 23.7 Å². The third-order valence-corrected chi connectivity index (χ3v) is 5.16. The molecule has 0 radical (unpaired) electrons. The number of nitrogens with zero attached hydrogens (tertiary/aromatic N) is 3. The van der Waals surface area contributed by atoms with Gasteiger partial charge in [0, 0.05) is 32.4 Å². The van der Waals surface area contributed by atoms with Crippen LogP contribution in [0.15, 0.2) is 42.6 Å². The van der Waals surface area contributed by atoms with Crippen molar-refractivity contribution in [3.63, 3.8) is 0 Å². The van der Waals surface area contributed by atoms with Crippen LogP contribution in [0.4, 0.5) is 5.82 Å². The van der Waals surface area contributed by atoms with Crippen LogP contribution < -0.4 is 15.0 Å². The third-order valence-electron chi connectivity index (χ3n) is 4.94. The molecule has 150 valence electrons. The van der Waals surface area contributed by atoms with Gasteiger partial charge in [-0.2, -0.15) is 0 Å². The Kier molecular flexibility index (Phi) is 7.12. The number of anilines is 1. The Hall–Kier alpha value is -2.31. The zero-order chi connectivity index (χ0) is 19.9. The molecule has 1 aromatic heterocycles. The second-order valence-electron chi connectivity index (χ2n) is 6.99. The SMILES string of the molecule is Cc1cccc(OCCNC(=O)C(C)N2CCN(c3ccc(Cl)cn3)CC2)c1. The number of rotatable bonds is 7. The van der Waals surface area contributed by atoms with E-state index < -0.39 is 0 Å². The molecule has 1 atom stereocenters. The first kappa shape index (κ1) is 20.4. The first-order valence-electron chi connectivity index (χ1n) is 9.60. The van der Waals surface area contributed by atoms with E-state index in [-0.39, 0.29) is 11.9 Å². The van der Waals surface area contributed by atoms with Crippen LogP contribution >= 0.6 is 11.6 Å². The maximum Gasteiger partial charge on any atom is 0.237 e. The van der Waals surface area contributed by atoms with Gasteiger partial charge >= 0.3 is 0 Å². The second-order valence-corrected chi connectivity index (χ2v) is 7.43. The highest BCUT2D eigenvalue weighted by molar-refractivity contribution is 6.30. The molecule has 1 amide bonds. The number of hydrogen-bond donors (Lipinski definition) is 1. The lowest BCUT2D eigenvalue weighted by atomic mass is 10.2. The van der Waals surface area contributed by atoms with E-state index in [0.717, 1.165) is 43.3 Å². The predicted molar refractivity (Wildman–Crippen MR) is 112 cm³/mol. The summed E-state index contributed by atoms with van der Waals surface area (Å²) in [6.07, 6.45) is 1.66. The molecule has 0 bridgehead atoms. The first-order chi connectivity index (χ1) is 13.5. The number of piperazine rings is 1. The molecular weight excluding hydrogens is 376 g/mol. The van der Waals surface area contributed by atoms with E-state index in [4.69, 9.17) is 16.3 Å². The second kappa shape index (κ2) is 9.75. The molecule has 0 aliphatic carbocycles. The molecule has 1 aliphatic rings. The molecule has 0 spiro atoms. The van der Waals surface area contributed by atoms with Crippen LogP contribution in [0.3, 0.4) is 0 Å². The molecule has 6 nitrogen and oxygen atoms in total. The molecule has 0 saturated carbocycles. The molecular formula is C21H27ClN4O2. The van der Waals surface area contributed by atoms with Crippen molar-refractivity contribution in [3.05, 3.63) is 53.2 Å². The Morgan fingerprint density at radius 3 is 2.71 bits per heavy atom. The van der Waals surface area contributed by atoms with E-state index in [1.54, 1.807) is 6.20 Å². The van der Waals surface area contributed by atoms with Crippen LogP contribution in [0.2, 0.25) is 5.02 Å². The zero-order valence-electron chi connectivity index (χ0n) is 16.4. The summed E-state index contributed by atoms with van der Waals surface area (Å²) in [5, 5.41) is 3.61. The average Bonchev–Trinajstić information content (AvgIpc) is 2.71. The summed E-state index contributed by atoms with van der Waals surface area (Å²) in [7, 11) is 0. The van der Waals surface area contributed by atoms with Crippen molar-refractivity contribution in [2.75, 3.05) is 44.2 Å². The number of pyridine rings is 1. The maximum absolute atomic E-state index is 12.4. The van der Waals surface area contributed by atoms with Crippen LogP contribution in [-0.4, -0.2) is 61.2 Å². The minimum Gasteiger partial charge on any atom is -0.492 e. The fourth-order valence-corrected chi connectivity index (χ4v) is 3.37. The molecule has 2 heterocycles. The topological polar surface area (TPSA) is 57.7 Å². The molecule has 1 unspecified atom stereocenters. The molecule has 1 fully saturated rings. The van der Waals surface area contributed by atoms with Gasteiger partial charge in [0.15, 0.2) is 0 Å². The van der Waals surface area contributed by atoms with Gasteiger partial charge in [-0.3, -0.25) is 9.69 Å². The average molecular weight is 403 g/mol. The molecule has 3 rings (SSSR count). The largest absolute Gasteiger partial charge is 0.492 e. The van der Waals surface area contributed by atoms with Crippen molar-refractivity contribution in [1.82, 2.24) is 15.2 Å². The highest BCUT2D eigenvalue weighted by atomic mass is 35.5. The van der Waals surface area contributed by atoms with E-state index in [0.29, 0.717) is 18.2 Å². The van der Waals surface area contributed by atoms with E-state index in [1.807, 2.05) is 50.2 Å². The van der Waals surface area contributed by atoms with Crippen molar-refractivity contribution >= 4 is 23.3 Å². The van der Waals surface area contributed by atoms with Crippen molar-refractivity contribution in [2.45, 2.75) is 19.9 Å². The summed E-state index contributed by atoms with van der Waals surface area (Å²) in [5.74, 6) is 1.79. The summed E-state index contributed by atoms with van der Waals surface area (Å²) in [4.78, 5) is 21.2. The first-order valence-corrected chi connectivity index (χ1v) is 9.98. The summed E-state index contributed by atoms with van der Waals surface area (Å²) in [6.45, 7) is 8.23. The Morgan fingerprint density at radius 1 is 1.25 bits per heavy atom. The standard InChI is InChI=1S/C21H27ClN4O2/c1-16-4-3-5-19(14-16)28-13-8-23-21(27)17(2)25-9-11-26(12-10-25)20-7-6-18(22)15-24-20/h3-7,14-15,17H,8-13H2,1-2H3,(H,23,27). The number of aryl methyl sites for hydroxylation is 1. The van der Waals surface area contributed by atoms with Crippen molar-refractivity contribution in [2.24, 2.45) is 0 Å². The highest BCUT2D eigenvalue weighted by Crippen LogP contribution is 2.17. The fraction of sp³-hybridized carbons (Fsp3) is 0.429. The predicted octanol–water partition coefficient (Wildman–Crippen LogP) is 2.75. The molecule has 1 aliphatic heterocycles. The van der Waals surface area contributed by atoms with E-state index >= 15 is 0 Å². The number of halogens is 1. The third kappa shape index (κ3) is 5.59. The number of carbonyl (C=O) groups is 1. The van der Waals surface area contributed by atoms with Gasteiger partial charge in [-0.25, -0.2) is 4.98 Å².